The fourth-order valence-electron chi connectivity index (χ4n) is 1.50. The van der Waals surface area contributed by atoms with Crippen molar-refractivity contribution in [3.63, 3.8) is 0 Å². The molecule has 0 saturated carbocycles. The Hall–Kier alpha value is -1.62. The number of alkyl halides is 3. The molecule has 0 aliphatic heterocycles. The summed E-state index contributed by atoms with van der Waals surface area (Å²) >= 11 is 5.56. The second kappa shape index (κ2) is 7.74. The Bertz CT molecular complexity index is 461. The van der Waals surface area contributed by atoms with Crippen molar-refractivity contribution in [1.29, 1.82) is 0 Å². The lowest BCUT2D eigenvalue weighted by atomic mass is 10.1. The minimum Gasteiger partial charge on any atom is -0.478 e. The Morgan fingerprint density at radius 2 is 2.21 bits per heavy atom. The van der Waals surface area contributed by atoms with E-state index in [0.29, 0.717) is 12.3 Å². The van der Waals surface area contributed by atoms with Gasteiger partial charge in [-0.05, 0) is 30.5 Å². The second-order valence-electron chi connectivity index (χ2n) is 3.71. The van der Waals surface area contributed by atoms with Crippen LogP contribution in [0, 0.1) is 0 Å². The van der Waals surface area contributed by atoms with Gasteiger partial charge in [0.25, 0.3) is 0 Å². The number of benzene rings is 1. The first kappa shape index (κ1) is 15.4. The number of carbonyl (C=O) groups is 1. The normalized spacial score (nSPS) is 11.2. The Kier molecular flexibility index (Phi) is 6.29. The van der Waals surface area contributed by atoms with Crippen LogP contribution in [-0.4, -0.2) is 23.6 Å². The third-order valence-electron chi connectivity index (χ3n) is 2.30. The number of halogens is 3. The van der Waals surface area contributed by atoms with Crippen LogP contribution in [0.4, 0.5) is 8.78 Å². The van der Waals surface area contributed by atoms with Gasteiger partial charge in [-0.3, -0.25) is 0 Å². The molecule has 0 aromatic heterocycles. The monoisotopic (exact) mass is 290 g/mol. The number of ether oxygens (including phenoxy) is 1. The Morgan fingerprint density at radius 1 is 1.47 bits per heavy atom. The molecule has 1 aromatic carbocycles. The quantitative estimate of drug-likeness (QED) is 0.617. The van der Waals surface area contributed by atoms with E-state index in [1.807, 2.05) is 0 Å². The van der Waals surface area contributed by atoms with Crippen molar-refractivity contribution in [2.24, 2.45) is 0 Å². The number of carboxylic acids is 1. The maximum absolute atomic E-state index is 12.3. The summed E-state index contributed by atoms with van der Waals surface area (Å²) in [5.41, 5.74) is 1.10. The van der Waals surface area contributed by atoms with Crippen molar-refractivity contribution in [2.45, 2.75) is 19.5 Å². The van der Waals surface area contributed by atoms with Crippen LogP contribution in [0.15, 0.2) is 24.3 Å². The summed E-state index contributed by atoms with van der Waals surface area (Å²) in [5.74, 6) is -0.722. The fraction of sp³-hybridized carbons (Fsp3) is 0.308. The van der Waals surface area contributed by atoms with Gasteiger partial charge in [-0.2, -0.15) is 8.78 Å². The number of hydrogen-bond donors (Lipinski definition) is 1. The largest absolute Gasteiger partial charge is 0.478 e. The molecule has 0 amide bonds. The first-order chi connectivity index (χ1) is 9.02. The van der Waals surface area contributed by atoms with E-state index in [1.54, 1.807) is 12.1 Å². The highest BCUT2D eigenvalue weighted by Crippen LogP contribution is 2.24. The average Bonchev–Trinajstić information content (AvgIpc) is 2.34. The van der Waals surface area contributed by atoms with Gasteiger partial charge in [0.1, 0.15) is 5.75 Å². The molecular weight excluding hydrogens is 278 g/mol. The lowest BCUT2D eigenvalue weighted by Crippen LogP contribution is -2.04. The molecule has 0 fully saturated rings. The summed E-state index contributed by atoms with van der Waals surface area (Å²) in [6.45, 7) is -2.96. The molecule has 0 atom stereocenters. The van der Waals surface area contributed by atoms with E-state index in [4.69, 9.17) is 16.7 Å². The van der Waals surface area contributed by atoms with Crippen LogP contribution in [0.3, 0.4) is 0 Å². The van der Waals surface area contributed by atoms with Crippen LogP contribution in [0.5, 0.6) is 5.75 Å². The average molecular weight is 291 g/mol. The molecular formula is C13H13ClF2O3. The van der Waals surface area contributed by atoms with Gasteiger partial charge < -0.3 is 9.84 Å². The van der Waals surface area contributed by atoms with E-state index in [9.17, 15) is 13.6 Å². The van der Waals surface area contributed by atoms with Crippen LogP contribution in [-0.2, 0) is 11.2 Å². The van der Waals surface area contributed by atoms with Crippen molar-refractivity contribution in [3.8, 4) is 5.75 Å². The Labute approximate surface area is 114 Å². The van der Waals surface area contributed by atoms with Crippen molar-refractivity contribution in [3.05, 3.63) is 35.4 Å². The van der Waals surface area contributed by atoms with Crippen LogP contribution in [0.2, 0.25) is 0 Å². The van der Waals surface area contributed by atoms with Crippen LogP contribution in [0.1, 0.15) is 17.5 Å². The smallest absolute Gasteiger partial charge is 0.387 e. The predicted molar refractivity (Wildman–Crippen MR) is 68.8 cm³/mol. The van der Waals surface area contributed by atoms with E-state index >= 15 is 0 Å². The lowest BCUT2D eigenvalue weighted by molar-refractivity contribution is -0.131. The molecule has 0 saturated heterocycles. The predicted octanol–water partition coefficient (Wildman–Crippen LogP) is 3.56. The molecule has 6 heteroatoms. The highest BCUT2D eigenvalue weighted by Gasteiger charge is 2.09. The molecule has 0 radical (unpaired) electrons. The van der Waals surface area contributed by atoms with E-state index in [-0.39, 0.29) is 11.3 Å². The molecule has 0 aliphatic carbocycles. The zero-order valence-electron chi connectivity index (χ0n) is 9.98. The van der Waals surface area contributed by atoms with E-state index in [2.05, 4.69) is 4.74 Å². The molecule has 0 unspecified atom stereocenters. The standard InChI is InChI=1S/C13H13ClF2O3/c14-7-1-2-9-3-4-10(5-6-12(17)18)11(8-9)19-13(15)16/h3-6,8,13H,1-2,7H2,(H,17,18)/b6-5+. The van der Waals surface area contributed by atoms with Crippen LogP contribution in [0.25, 0.3) is 6.08 Å². The topological polar surface area (TPSA) is 46.5 Å². The molecule has 0 bridgehead atoms. The van der Waals surface area contributed by atoms with Gasteiger partial charge in [-0.25, -0.2) is 4.79 Å². The first-order valence-corrected chi connectivity index (χ1v) is 6.11. The molecule has 1 aromatic rings. The van der Waals surface area contributed by atoms with Gasteiger partial charge in [0.2, 0.25) is 0 Å². The molecule has 19 heavy (non-hydrogen) atoms. The number of aryl methyl sites for hydroxylation is 1. The molecule has 0 spiro atoms. The van der Waals surface area contributed by atoms with Gasteiger partial charge in [-0.15, -0.1) is 11.6 Å². The molecule has 1 rings (SSSR count). The number of hydrogen-bond acceptors (Lipinski definition) is 2. The van der Waals surface area contributed by atoms with Crippen LogP contribution >= 0.6 is 11.6 Å². The van der Waals surface area contributed by atoms with Crippen molar-refractivity contribution >= 4 is 23.6 Å². The van der Waals surface area contributed by atoms with Gasteiger partial charge in [-0.1, -0.05) is 12.1 Å². The van der Waals surface area contributed by atoms with Gasteiger partial charge in [0.15, 0.2) is 0 Å². The zero-order chi connectivity index (χ0) is 14.3. The molecule has 3 nitrogen and oxygen atoms in total. The summed E-state index contributed by atoms with van der Waals surface area (Å²) in [6.07, 6.45) is 3.45. The molecule has 0 aliphatic rings. The summed E-state index contributed by atoms with van der Waals surface area (Å²) in [4.78, 5) is 10.4. The van der Waals surface area contributed by atoms with Gasteiger partial charge >= 0.3 is 12.6 Å². The molecule has 0 heterocycles. The Morgan fingerprint density at radius 3 is 2.79 bits per heavy atom. The van der Waals surface area contributed by atoms with Gasteiger partial charge in [0.05, 0.1) is 0 Å². The second-order valence-corrected chi connectivity index (χ2v) is 4.09. The first-order valence-electron chi connectivity index (χ1n) is 5.57. The lowest BCUT2D eigenvalue weighted by Gasteiger charge is -2.10. The third-order valence-corrected chi connectivity index (χ3v) is 2.57. The highest BCUT2D eigenvalue weighted by atomic mass is 35.5. The minimum atomic E-state index is -2.96. The highest BCUT2D eigenvalue weighted by molar-refractivity contribution is 6.17. The number of carboxylic acid groups (broad SMARTS) is 1. The Balaban J connectivity index is 2.98. The SMILES string of the molecule is O=C(O)/C=C/c1ccc(CCCCl)cc1OC(F)F. The molecule has 1 N–H and O–H groups in total. The van der Waals surface area contributed by atoms with Crippen LogP contribution < -0.4 is 4.74 Å². The number of aliphatic carboxylic acids is 1. The third kappa shape index (κ3) is 5.70. The minimum absolute atomic E-state index is 0.0421. The zero-order valence-corrected chi connectivity index (χ0v) is 10.7. The fourth-order valence-corrected chi connectivity index (χ4v) is 1.64. The van der Waals surface area contributed by atoms with Crippen molar-refractivity contribution in [1.82, 2.24) is 0 Å². The summed E-state index contributed by atoms with van der Waals surface area (Å²) in [7, 11) is 0. The summed E-state index contributed by atoms with van der Waals surface area (Å²) in [5, 5.41) is 8.53. The van der Waals surface area contributed by atoms with Crippen molar-refractivity contribution < 1.29 is 23.4 Å². The van der Waals surface area contributed by atoms with Gasteiger partial charge in [0, 0.05) is 17.5 Å². The maximum Gasteiger partial charge on any atom is 0.387 e. The summed E-state index contributed by atoms with van der Waals surface area (Å²) in [6, 6.07) is 4.74. The molecule has 104 valence electrons. The number of rotatable bonds is 7. The van der Waals surface area contributed by atoms with Crippen molar-refractivity contribution in [2.75, 3.05) is 5.88 Å². The van der Waals surface area contributed by atoms with E-state index < -0.39 is 12.6 Å². The van der Waals surface area contributed by atoms with E-state index in [0.717, 1.165) is 18.1 Å². The van der Waals surface area contributed by atoms with E-state index in [1.165, 1.54) is 12.1 Å². The summed E-state index contributed by atoms with van der Waals surface area (Å²) < 4.78 is 29.0. The maximum atomic E-state index is 12.3.